The van der Waals surface area contributed by atoms with Gasteiger partial charge in [0.1, 0.15) is 13.7 Å². The Kier molecular flexibility index (Phi) is 5.78. The highest BCUT2D eigenvalue weighted by Gasteiger charge is 2.54. The Morgan fingerprint density at radius 3 is 2.44 bits per heavy atom. The highest BCUT2D eigenvalue weighted by molar-refractivity contribution is 6.35. The second-order valence-corrected chi connectivity index (χ2v) is 11.5. The van der Waals surface area contributed by atoms with E-state index in [1.165, 1.54) is 18.4 Å². The van der Waals surface area contributed by atoms with E-state index in [0.29, 0.717) is 29.7 Å². The molecule has 8 heteroatoms. The first-order valence-electron chi connectivity index (χ1n) is 13.0. The maximum absolute atomic E-state index is 10.9. The van der Waals surface area contributed by atoms with Crippen LogP contribution >= 0.6 is 0 Å². The average molecular weight is 460 g/mol. The van der Waals surface area contributed by atoms with Gasteiger partial charge in [-0.3, -0.25) is 4.90 Å². The zero-order chi connectivity index (χ0) is 23.3. The summed E-state index contributed by atoms with van der Waals surface area (Å²) < 4.78 is 0. The topological polar surface area (TPSA) is 76.6 Å². The van der Waals surface area contributed by atoms with Crippen molar-refractivity contribution in [1.82, 2.24) is 19.8 Å². The fourth-order valence-corrected chi connectivity index (χ4v) is 7.11. The number of hydrogen-bond acceptors (Lipinski definition) is 7. The first kappa shape index (κ1) is 22.3. The van der Waals surface area contributed by atoms with Gasteiger partial charge < -0.3 is 20.6 Å². The number of piperazine rings is 1. The summed E-state index contributed by atoms with van der Waals surface area (Å²) in [6.45, 7) is 5.55. The van der Waals surface area contributed by atoms with E-state index in [1.54, 1.807) is 0 Å². The second kappa shape index (κ2) is 8.81. The molecule has 2 unspecified atom stereocenters. The Morgan fingerprint density at radius 2 is 1.76 bits per heavy atom. The zero-order valence-electron chi connectivity index (χ0n) is 20.5. The molecule has 2 heterocycles. The number of benzene rings is 1. The van der Waals surface area contributed by atoms with Gasteiger partial charge in [-0.05, 0) is 80.1 Å². The second-order valence-electron chi connectivity index (χ2n) is 11.5. The van der Waals surface area contributed by atoms with Gasteiger partial charge in [0.05, 0.1) is 5.60 Å². The molecule has 5 aliphatic rings. The number of likely N-dealkylation sites (N-methyl/N-ethyl adjacent to an activating group) is 1. The van der Waals surface area contributed by atoms with Crippen LogP contribution in [0, 0.1) is 17.8 Å². The van der Waals surface area contributed by atoms with E-state index in [4.69, 9.17) is 4.98 Å². The number of anilines is 3. The van der Waals surface area contributed by atoms with Crippen LogP contribution in [0.3, 0.4) is 0 Å². The van der Waals surface area contributed by atoms with Crippen LogP contribution in [0.4, 0.5) is 17.5 Å². The lowest BCUT2D eigenvalue weighted by molar-refractivity contribution is -0.129. The van der Waals surface area contributed by atoms with Gasteiger partial charge in [0.2, 0.25) is 5.95 Å². The SMILES string of the molecule is Bc1cnc(Nc2ccc(CN3CCN(C)CC3)cc2)nc1N[C@H]1C2CC3CC1C[C@@](O)(C3)C2. The summed E-state index contributed by atoms with van der Waals surface area (Å²) in [6, 6.07) is 9.06. The quantitative estimate of drug-likeness (QED) is 0.566. The van der Waals surface area contributed by atoms with E-state index in [9.17, 15) is 5.11 Å². The van der Waals surface area contributed by atoms with Gasteiger partial charge in [0.25, 0.3) is 0 Å². The maximum atomic E-state index is 10.9. The molecule has 180 valence electrons. The van der Waals surface area contributed by atoms with Crippen LogP contribution < -0.4 is 16.1 Å². The molecule has 34 heavy (non-hydrogen) atoms. The Hall–Kier alpha value is -2.16. The van der Waals surface area contributed by atoms with Crippen LogP contribution in [0.1, 0.15) is 37.7 Å². The van der Waals surface area contributed by atoms with Crippen LogP contribution in [-0.4, -0.2) is 77.6 Å². The third kappa shape index (κ3) is 4.55. The molecular weight excluding hydrogens is 423 g/mol. The first-order valence-corrected chi connectivity index (χ1v) is 13.0. The molecule has 0 radical (unpaired) electrons. The number of rotatable bonds is 6. The highest BCUT2D eigenvalue weighted by Crippen LogP contribution is 2.56. The molecule has 1 aromatic carbocycles. The maximum Gasteiger partial charge on any atom is 0.229 e. The molecule has 7 rings (SSSR count). The minimum Gasteiger partial charge on any atom is -0.390 e. The fourth-order valence-electron chi connectivity index (χ4n) is 7.11. The van der Waals surface area contributed by atoms with Crippen molar-refractivity contribution in [3.05, 3.63) is 36.0 Å². The largest absolute Gasteiger partial charge is 0.390 e. The van der Waals surface area contributed by atoms with Crippen molar-refractivity contribution in [2.24, 2.45) is 17.8 Å². The van der Waals surface area contributed by atoms with Gasteiger partial charge in [0.15, 0.2) is 0 Å². The number of aliphatic hydroxyl groups is 1. The van der Waals surface area contributed by atoms with Crippen LogP contribution in [0.5, 0.6) is 0 Å². The summed E-state index contributed by atoms with van der Waals surface area (Å²) in [4.78, 5) is 14.3. The molecule has 1 aromatic heterocycles. The molecule has 4 aliphatic carbocycles. The average Bonchev–Trinajstić information content (AvgIpc) is 2.80. The summed E-state index contributed by atoms with van der Waals surface area (Å²) in [5.41, 5.74) is 3.01. The van der Waals surface area contributed by atoms with Crippen molar-refractivity contribution in [2.45, 2.75) is 50.3 Å². The van der Waals surface area contributed by atoms with Crippen LogP contribution in [0.2, 0.25) is 0 Å². The summed E-state index contributed by atoms with van der Waals surface area (Å²) in [5, 5.41) is 18.1. The molecule has 0 spiro atoms. The lowest BCUT2D eigenvalue weighted by atomic mass is 9.52. The number of nitrogens with zero attached hydrogens (tertiary/aromatic N) is 4. The van der Waals surface area contributed by atoms with E-state index >= 15 is 0 Å². The standard InChI is InChI=1S/C26H37BN6O/c1-32-6-8-33(9-7-32)16-17-2-4-21(5-3-17)29-25-28-15-22(27)24(31-25)30-23-19-10-18-11-20(23)14-26(34,12-18)13-19/h2-5,15,18-20,23,34H,6-14,16,27H2,1H3,(H2,28,29,30,31)/t18?,19?,20?,23-,26+. The predicted octanol–water partition coefficient (Wildman–Crippen LogP) is 1.58. The summed E-state index contributed by atoms with van der Waals surface area (Å²) in [5.74, 6) is 3.37. The third-order valence-corrected chi connectivity index (χ3v) is 8.73. The lowest BCUT2D eigenvalue weighted by Gasteiger charge is -2.58. The highest BCUT2D eigenvalue weighted by atomic mass is 16.3. The van der Waals surface area contributed by atoms with Crippen molar-refractivity contribution < 1.29 is 5.11 Å². The summed E-state index contributed by atoms with van der Waals surface area (Å²) >= 11 is 0. The summed E-state index contributed by atoms with van der Waals surface area (Å²) in [6.07, 6.45) is 7.28. The summed E-state index contributed by atoms with van der Waals surface area (Å²) in [7, 11) is 4.27. The normalized spacial score (nSPS) is 33.2. The number of nitrogens with one attached hydrogen (secondary N) is 2. The van der Waals surface area contributed by atoms with E-state index in [1.807, 2.05) is 6.20 Å². The Morgan fingerprint density at radius 1 is 1.06 bits per heavy atom. The van der Waals surface area contributed by atoms with E-state index < -0.39 is 5.60 Å². The van der Waals surface area contributed by atoms with Crippen LogP contribution in [0.25, 0.3) is 0 Å². The van der Waals surface area contributed by atoms with Gasteiger partial charge in [0, 0.05) is 50.6 Å². The van der Waals surface area contributed by atoms with E-state index in [0.717, 1.165) is 69.0 Å². The van der Waals surface area contributed by atoms with Crippen molar-refractivity contribution in [3.63, 3.8) is 0 Å². The Labute approximate surface area is 203 Å². The fraction of sp³-hybridized carbons (Fsp3) is 0.615. The first-order chi connectivity index (χ1) is 16.4. The Balaban J connectivity index is 1.10. The smallest absolute Gasteiger partial charge is 0.229 e. The molecule has 4 saturated carbocycles. The van der Waals surface area contributed by atoms with Crippen molar-refractivity contribution in [1.29, 1.82) is 0 Å². The number of hydrogen-bond donors (Lipinski definition) is 3. The lowest BCUT2D eigenvalue weighted by Crippen LogP contribution is -2.59. The van der Waals surface area contributed by atoms with Gasteiger partial charge in [-0.1, -0.05) is 12.1 Å². The minimum atomic E-state index is -0.404. The van der Waals surface area contributed by atoms with Gasteiger partial charge >= 0.3 is 0 Å². The molecule has 2 aromatic rings. The van der Waals surface area contributed by atoms with Crippen molar-refractivity contribution >= 4 is 30.8 Å². The molecule has 4 bridgehead atoms. The van der Waals surface area contributed by atoms with Crippen molar-refractivity contribution in [2.75, 3.05) is 43.9 Å². The number of aromatic nitrogens is 2. The molecule has 2 atom stereocenters. The van der Waals surface area contributed by atoms with Crippen LogP contribution in [0.15, 0.2) is 30.5 Å². The molecule has 1 saturated heterocycles. The van der Waals surface area contributed by atoms with Gasteiger partial charge in [-0.25, -0.2) is 4.98 Å². The van der Waals surface area contributed by atoms with E-state index in [2.05, 4.69) is 64.6 Å². The Bertz CT molecular complexity index is 1010. The van der Waals surface area contributed by atoms with E-state index in [-0.39, 0.29) is 0 Å². The molecule has 5 fully saturated rings. The molecule has 1 aliphatic heterocycles. The third-order valence-electron chi connectivity index (χ3n) is 8.73. The van der Waals surface area contributed by atoms with Gasteiger partial charge in [-0.15, -0.1) is 0 Å². The predicted molar refractivity (Wildman–Crippen MR) is 139 cm³/mol. The monoisotopic (exact) mass is 460 g/mol. The minimum absolute atomic E-state index is 0.404. The van der Waals surface area contributed by atoms with Gasteiger partial charge in [-0.2, -0.15) is 4.98 Å². The van der Waals surface area contributed by atoms with Crippen molar-refractivity contribution in [3.8, 4) is 0 Å². The zero-order valence-corrected chi connectivity index (χ0v) is 20.5. The van der Waals surface area contributed by atoms with Crippen LogP contribution in [-0.2, 0) is 6.54 Å². The molecule has 0 amide bonds. The molecular formula is C26H37BN6O. The molecule has 3 N–H and O–H groups in total. The molecule has 7 nitrogen and oxygen atoms in total.